The van der Waals surface area contributed by atoms with Crippen LogP contribution in [0.25, 0.3) is 6.08 Å². The lowest BCUT2D eigenvalue weighted by Gasteiger charge is -2.17. The largest absolute Gasteiger partial charge is 0.514 e. The molecule has 0 bridgehead atoms. The summed E-state index contributed by atoms with van der Waals surface area (Å²) in [6.45, 7) is 3.44. The SMILES string of the molecule is CCN(CC)C(=O)/C(C#N)=C/c1cc(N)c(O)c(OC(=O)OCC(=O)O)c1. The molecule has 0 aromatic heterocycles. The molecule has 0 aliphatic heterocycles. The number of phenolic OH excluding ortho intramolecular Hbond substituents is 1. The highest BCUT2D eigenvalue weighted by Gasteiger charge is 2.18. The molecular formula is C17H19N3O7. The molecule has 0 radical (unpaired) electrons. The third-order valence-corrected chi connectivity index (χ3v) is 3.35. The summed E-state index contributed by atoms with van der Waals surface area (Å²) in [5.41, 5.74) is 5.49. The molecule has 4 N–H and O–H groups in total. The van der Waals surface area contributed by atoms with Crippen molar-refractivity contribution >= 4 is 29.8 Å². The minimum Gasteiger partial charge on any atom is -0.503 e. The average Bonchev–Trinajstić information content (AvgIpc) is 2.62. The van der Waals surface area contributed by atoms with Gasteiger partial charge in [0, 0.05) is 13.1 Å². The van der Waals surface area contributed by atoms with Crippen LogP contribution in [-0.4, -0.2) is 52.8 Å². The Morgan fingerprint density at radius 1 is 1.30 bits per heavy atom. The number of carboxylic acids is 1. The van der Waals surface area contributed by atoms with Crippen molar-refractivity contribution in [3.8, 4) is 17.6 Å². The van der Waals surface area contributed by atoms with E-state index in [1.165, 1.54) is 17.0 Å². The average molecular weight is 377 g/mol. The highest BCUT2D eigenvalue weighted by molar-refractivity contribution is 6.01. The van der Waals surface area contributed by atoms with E-state index in [0.29, 0.717) is 13.1 Å². The fraction of sp³-hybridized carbons (Fsp3) is 0.294. The smallest absolute Gasteiger partial charge is 0.503 e. The van der Waals surface area contributed by atoms with Crippen molar-refractivity contribution in [2.75, 3.05) is 25.4 Å². The van der Waals surface area contributed by atoms with Gasteiger partial charge in [0.1, 0.15) is 11.6 Å². The first-order valence-electron chi connectivity index (χ1n) is 7.83. The summed E-state index contributed by atoms with van der Waals surface area (Å²) < 4.78 is 9.02. The number of likely N-dealkylation sites (N-methyl/N-ethyl adjacent to an activating group) is 1. The highest BCUT2D eigenvalue weighted by Crippen LogP contribution is 2.34. The van der Waals surface area contributed by atoms with E-state index in [2.05, 4.69) is 4.74 Å². The molecule has 27 heavy (non-hydrogen) atoms. The first kappa shape index (κ1) is 21.3. The molecule has 0 atom stereocenters. The van der Waals surface area contributed by atoms with Gasteiger partial charge in [-0.15, -0.1) is 0 Å². The number of benzene rings is 1. The summed E-state index contributed by atoms with van der Waals surface area (Å²) in [6.07, 6.45) is -0.140. The van der Waals surface area contributed by atoms with E-state index in [1.807, 2.05) is 0 Å². The van der Waals surface area contributed by atoms with Gasteiger partial charge in [0.15, 0.2) is 18.1 Å². The highest BCUT2D eigenvalue weighted by atomic mass is 16.7. The minimum atomic E-state index is -1.39. The van der Waals surface area contributed by atoms with Gasteiger partial charge in [0.2, 0.25) is 0 Å². The number of carboxylic acid groups (broad SMARTS) is 1. The van der Waals surface area contributed by atoms with Gasteiger partial charge in [-0.05, 0) is 37.6 Å². The third-order valence-electron chi connectivity index (χ3n) is 3.35. The standard InChI is InChI=1S/C17H19N3O7/c1-3-20(4-2)16(24)11(8-18)5-10-6-12(19)15(23)13(7-10)27-17(25)26-9-14(21)22/h5-7,23H,3-4,9,19H2,1-2H3,(H,21,22)/b11-5+. The van der Waals surface area contributed by atoms with Crippen LogP contribution >= 0.6 is 0 Å². The van der Waals surface area contributed by atoms with E-state index in [0.717, 1.165) is 6.07 Å². The second-order valence-corrected chi connectivity index (χ2v) is 5.14. The van der Waals surface area contributed by atoms with Crippen molar-refractivity contribution in [1.29, 1.82) is 5.26 Å². The van der Waals surface area contributed by atoms with E-state index < -0.39 is 36.1 Å². The fourth-order valence-electron chi connectivity index (χ4n) is 2.04. The zero-order chi connectivity index (χ0) is 20.6. The number of nitrogens with two attached hydrogens (primary N) is 1. The number of ether oxygens (including phenoxy) is 2. The van der Waals surface area contributed by atoms with Crippen LogP contribution in [0.2, 0.25) is 0 Å². The Hall–Kier alpha value is -3.74. The van der Waals surface area contributed by atoms with Crippen LogP contribution in [0.15, 0.2) is 17.7 Å². The number of hydrogen-bond acceptors (Lipinski definition) is 8. The molecule has 1 rings (SSSR count). The summed E-state index contributed by atoms with van der Waals surface area (Å²) in [5, 5.41) is 27.6. The van der Waals surface area contributed by atoms with Crippen molar-refractivity contribution in [1.82, 2.24) is 4.90 Å². The van der Waals surface area contributed by atoms with Crippen LogP contribution in [0.4, 0.5) is 10.5 Å². The Bertz CT molecular complexity index is 807. The van der Waals surface area contributed by atoms with Crippen molar-refractivity contribution in [2.45, 2.75) is 13.8 Å². The lowest BCUT2D eigenvalue weighted by Crippen LogP contribution is -2.31. The number of rotatable bonds is 7. The van der Waals surface area contributed by atoms with Gasteiger partial charge in [-0.3, -0.25) is 4.79 Å². The molecule has 0 aliphatic carbocycles. The van der Waals surface area contributed by atoms with Crippen LogP contribution < -0.4 is 10.5 Å². The lowest BCUT2D eigenvalue weighted by molar-refractivity contribution is -0.140. The number of phenols is 1. The zero-order valence-corrected chi connectivity index (χ0v) is 14.8. The number of amides is 1. The first-order chi connectivity index (χ1) is 12.7. The van der Waals surface area contributed by atoms with E-state index >= 15 is 0 Å². The molecule has 10 nitrogen and oxygen atoms in total. The number of aliphatic carboxylic acids is 1. The monoisotopic (exact) mass is 377 g/mol. The maximum absolute atomic E-state index is 12.3. The van der Waals surface area contributed by atoms with E-state index in [1.54, 1.807) is 19.9 Å². The summed E-state index contributed by atoms with van der Waals surface area (Å²) >= 11 is 0. The van der Waals surface area contributed by atoms with E-state index in [9.17, 15) is 24.8 Å². The second-order valence-electron chi connectivity index (χ2n) is 5.14. The molecule has 1 aromatic rings. The van der Waals surface area contributed by atoms with Gasteiger partial charge in [-0.1, -0.05) is 0 Å². The Labute approximate surface area is 155 Å². The molecular weight excluding hydrogens is 358 g/mol. The van der Waals surface area contributed by atoms with E-state index in [4.69, 9.17) is 15.6 Å². The van der Waals surface area contributed by atoms with Crippen molar-refractivity contribution in [2.24, 2.45) is 0 Å². The summed E-state index contributed by atoms with van der Waals surface area (Å²) in [7, 11) is 0. The number of aromatic hydroxyl groups is 1. The van der Waals surface area contributed by atoms with Gasteiger partial charge < -0.3 is 30.3 Å². The molecule has 10 heteroatoms. The fourth-order valence-corrected chi connectivity index (χ4v) is 2.04. The summed E-state index contributed by atoms with van der Waals surface area (Å²) in [6, 6.07) is 4.22. The van der Waals surface area contributed by atoms with Gasteiger partial charge in [0.05, 0.1) is 5.69 Å². The zero-order valence-electron chi connectivity index (χ0n) is 14.8. The van der Waals surface area contributed by atoms with Gasteiger partial charge in [-0.25, -0.2) is 9.59 Å². The number of anilines is 1. The van der Waals surface area contributed by atoms with Crippen LogP contribution in [0.1, 0.15) is 19.4 Å². The minimum absolute atomic E-state index is 0.178. The lowest BCUT2D eigenvalue weighted by atomic mass is 10.1. The van der Waals surface area contributed by atoms with Crippen molar-refractivity contribution < 1.29 is 34.1 Å². The van der Waals surface area contributed by atoms with Crippen LogP contribution in [0.5, 0.6) is 11.5 Å². The number of hydrogen-bond donors (Lipinski definition) is 3. The number of carbonyl (C=O) groups is 3. The van der Waals surface area contributed by atoms with E-state index in [-0.39, 0.29) is 16.8 Å². The Kier molecular flexibility index (Phi) is 7.63. The maximum atomic E-state index is 12.3. The summed E-state index contributed by atoms with van der Waals surface area (Å²) in [5.74, 6) is -2.87. The number of nitrogen functional groups attached to an aromatic ring is 1. The molecule has 0 unspecified atom stereocenters. The third kappa shape index (κ3) is 5.93. The molecule has 0 spiro atoms. The molecule has 1 amide bonds. The predicted molar refractivity (Wildman–Crippen MR) is 93.6 cm³/mol. The quantitative estimate of drug-likeness (QED) is 0.159. The molecule has 0 heterocycles. The normalized spacial score (nSPS) is 10.6. The molecule has 0 saturated carbocycles. The van der Waals surface area contributed by atoms with Crippen LogP contribution in [-0.2, 0) is 14.3 Å². The number of nitrogens with zero attached hydrogens (tertiary/aromatic N) is 2. The van der Waals surface area contributed by atoms with Gasteiger partial charge in [0.25, 0.3) is 5.91 Å². The first-order valence-corrected chi connectivity index (χ1v) is 7.83. The molecule has 1 aromatic carbocycles. The van der Waals surface area contributed by atoms with Crippen LogP contribution in [0, 0.1) is 11.3 Å². The second kappa shape index (κ2) is 9.67. The van der Waals surface area contributed by atoms with Gasteiger partial charge >= 0.3 is 12.1 Å². The summed E-state index contributed by atoms with van der Waals surface area (Å²) in [4.78, 5) is 35.6. The molecule has 144 valence electrons. The Morgan fingerprint density at radius 3 is 2.44 bits per heavy atom. The molecule has 0 aliphatic rings. The number of nitriles is 1. The van der Waals surface area contributed by atoms with Crippen molar-refractivity contribution in [3.63, 3.8) is 0 Å². The Morgan fingerprint density at radius 2 is 1.93 bits per heavy atom. The van der Waals surface area contributed by atoms with Gasteiger partial charge in [-0.2, -0.15) is 5.26 Å². The topological polar surface area (TPSA) is 163 Å². The number of carbonyl (C=O) groups excluding carboxylic acids is 2. The predicted octanol–water partition coefficient (Wildman–Crippen LogP) is 1.35. The van der Waals surface area contributed by atoms with Crippen LogP contribution in [0.3, 0.4) is 0 Å². The Balaban J connectivity index is 3.17. The van der Waals surface area contributed by atoms with Crippen molar-refractivity contribution in [3.05, 3.63) is 23.3 Å². The molecule has 0 saturated heterocycles. The maximum Gasteiger partial charge on any atom is 0.514 e. The molecule has 0 fully saturated rings.